The molecule has 0 aromatic carbocycles. The van der Waals surface area contributed by atoms with E-state index in [0.29, 0.717) is 37.2 Å². The number of hydrogen-bond donors (Lipinski definition) is 2. The SMILES string of the molecule is O=C(N[C@@H]1CS[C@H](C(=O)O)C1)C1[C@H]2COC[C@@H]12. The van der Waals surface area contributed by atoms with E-state index in [-0.39, 0.29) is 23.1 Å². The first kappa shape index (κ1) is 11.3. The molecule has 2 N–H and O–H groups in total. The second-order valence-corrected chi connectivity index (χ2v) is 6.23. The molecule has 5 nitrogen and oxygen atoms in total. The van der Waals surface area contributed by atoms with Crippen molar-refractivity contribution in [2.75, 3.05) is 19.0 Å². The van der Waals surface area contributed by atoms with Crippen LogP contribution < -0.4 is 5.32 Å². The smallest absolute Gasteiger partial charge is 0.316 e. The fourth-order valence-corrected chi connectivity index (χ4v) is 4.02. The number of carboxylic acid groups (broad SMARTS) is 1. The molecule has 3 fully saturated rings. The molecule has 1 aliphatic carbocycles. The predicted molar refractivity (Wildman–Crippen MR) is 61.7 cm³/mol. The van der Waals surface area contributed by atoms with Gasteiger partial charge in [-0.3, -0.25) is 9.59 Å². The molecule has 2 saturated heterocycles. The lowest BCUT2D eigenvalue weighted by Crippen LogP contribution is -2.37. The summed E-state index contributed by atoms with van der Waals surface area (Å²) >= 11 is 1.42. The number of hydrogen-bond acceptors (Lipinski definition) is 4. The minimum absolute atomic E-state index is 0.0239. The number of carbonyl (C=O) groups is 2. The lowest BCUT2D eigenvalue weighted by Gasteiger charge is -2.12. The number of amides is 1. The van der Waals surface area contributed by atoms with Gasteiger partial charge in [0.15, 0.2) is 0 Å². The molecule has 2 heterocycles. The van der Waals surface area contributed by atoms with Crippen LogP contribution in [-0.2, 0) is 14.3 Å². The Morgan fingerprint density at radius 2 is 2.00 bits per heavy atom. The van der Waals surface area contributed by atoms with Crippen LogP contribution in [0.2, 0.25) is 0 Å². The van der Waals surface area contributed by atoms with Gasteiger partial charge in [-0.15, -0.1) is 11.8 Å². The fraction of sp³-hybridized carbons (Fsp3) is 0.818. The highest BCUT2D eigenvalue weighted by atomic mass is 32.2. The average Bonchev–Trinajstić information content (AvgIpc) is 2.72. The number of ether oxygens (including phenoxy) is 1. The maximum atomic E-state index is 11.9. The summed E-state index contributed by atoms with van der Waals surface area (Å²) in [6.45, 7) is 1.42. The van der Waals surface area contributed by atoms with Crippen LogP contribution in [0, 0.1) is 17.8 Å². The third-order valence-electron chi connectivity index (χ3n) is 3.87. The molecule has 0 radical (unpaired) electrons. The van der Waals surface area contributed by atoms with Gasteiger partial charge in [-0.05, 0) is 18.3 Å². The van der Waals surface area contributed by atoms with E-state index in [1.165, 1.54) is 11.8 Å². The molecule has 0 aromatic heterocycles. The molecule has 0 spiro atoms. The van der Waals surface area contributed by atoms with Crippen molar-refractivity contribution in [3.05, 3.63) is 0 Å². The topological polar surface area (TPSA) is 75.6 Å². The largest absolute Gasteiger partial charge is 0.480 e. The zero-order chi connectivity index (χ0) is 12.0. The maximum Gasteiger partial charge on any atom is 0.316 e. The Labute approximate surface area is 103 Å². The van der Waals surface area contributed by atoms with Crippen molar-refractivity contribution in [2.45, 2.75) is 17.7 Å². The highest BCUT2D eigenvalue weighted by molar-refractivity contribution is 8.00. The summed E-state index contributed by atoms with van der Waals surface area (Å²) in [5, 5.41) is 11.5. The Balaban J connectivity index is 1.48. The summed E-state index contributed by atoms with van der Waals surface area (Å²) in [6.07, 6.45) is 0.546. The van der Waals surface area contributed by atoms with Gasteiger partial charge < -0.3 is 15.2 Å². The van der Waals surface area contributed by atoms with Crippen LogP contribution in [0.1, 0.15) is 6.42 Å². The van der Waals surface area contributed by atoms with Crippen LogP contribution in [0.25, 0.3) is 0 Å². The summed E-state index contributed by atoms with van der Waals surface area (Å²) in [5.41, 5.74) is 0. The highest BCUT2D eigenvalue weighted by Crippen LogP contribution is 2.50. The summed E-state index contributed by atoms with van der Waals surface area (Å²) in [4.78, 5) is 22.7. The molecule has 1 amide bonds. The Kier molecular flexibility index (Phi) is 2.78. The van der Waals surface area contributed by atoms with Crippen LogP contribution in [0.4, 0.5) is 0 Å². The number of carboxylic acids is 1. The van der Waals surface area contributed by atoms with Gasteiger partial charge in [0.05, 0.1) is 13.2 Å². The maximum absolute atomic E-state index is 11.9. The summed E-state index contributed by atoms with van der Waals surface area (Å²) < 4.78 is 5.24. The molecule has 0 bridgehead atoms. The standard InChI is InChI=1S/C11H15NO4S/c13-10(9-6-2-16-3-7(6)9)12-5-1-8(11(14)15)17-4-5/h5-9H,1-4H2,(H,12,13)(H,14,15)/t5-,6-,7+,8-,9?/m0/s1. The quantitative estimate of drug-likeness (QED) is 0.741. The minimum Gasteiger partial charge on any atom is -0.480 e. The highest BCUT2D eigenvalue weighted by Gasteiger charge is 2.58. The second-order valence-electron chi connectivity index (χ2n) is 4.99. The molecular formula is C11H15NO4S. The van der Waals surface area contributed by atoms with Gasteiger partial charge in [0.25, 0.3) is 0 Å². The van der Waals surface area contributed by atoms with Crippen molar-refractivity contribution in [1.82, 2.24) is 5.32 Å². The average molecular weight is 257 g/mol. The molecule has 0 aromatic rings. The van der Waals surface area contributed by atoms with Gasteiger partial charge in [0, 0.05) is 17.7 Å². The molecule has 1 unspecified atom stereocenters. The van der Waals surface area contributed by atoms with Gasteiger partial charge in [-0.2, -0.15) is 0 Å². The lowest BCUT2D eigenvalue weighted by atomic mass is 10.1. The van der Waals surface area contributed by atoms with E-state index in [1.54, 1.807) is 0 Å². The summed E-state index contributed by atoms with van der Waals surface area (Å²) in [6, 6.07) is 0.0239. The second kappa shape index (κ2) is 4.17. The Bertz CT molecular complexity index is 351. The van der Waals surface area contributed by atoms with Crippen LogP contribution in [-0.4, -0.2) is 47.2 Å². The van der Waals surface area contributed by atoms with Crippen LogP contribution in [0.5, 0.6) is 0 Å². The lowest BCUT2D eigenvalue weighted by molar-refractivity contribution is -0.136. The van der Waals surface area contributed by atoms with Gasteiger partial charge in [0.1, 0.15) is 5.25 Å². The molecule has 5 atom stereocenters. The summed E-state index contributed by atoms with van der Waals surface area (Å²) in [7, 11) is 0. The van der Waals surface area contributed by atoms with Crippen molar-refractivity contribution >= 4 is 23.6 Å². The molecule has 6 heteroatoms. The zero-order valence-corrected chi connectivity index (χ0v) is 10.1. The number of aliphatic carboxylic acids is 1. The molecular weight excluding hydrogens is 242 g/mol. The third kappa shape index (κ3) is 2.04. The van der Waals surface area contributed by atoms with Gasteiger partial charge in [-0.1, -0.05) is 0 Å². The number of fused-ring (bicyclic) bond motifs is 1. The van der Waals surface area contributed by atoms with Gasteiger partial charge >= 0.3 is 5.97 Å². The first-order chi connectivity index (χ1) is 8.16. The normalized spacial score (nSPS) is 43.2. The first-order valence-electron chi connectivity index (χ1n) is 5.89. The minimum atomic E-state index is -0.775. The number of nitrogens with one attached hydrogen (secondary N) is 1. The zero-order valence-electron chi connectivity index (χ0n) is 9.30. The molecule has 94 valence electrons. The van der Waals surface area contributed by atoms with E-state index in [0.717, 1.165) is 0 Å². The van der Waals surface area contributed by atoms with E-state index in [1.807, 2.05) is 0 Å². The van der Waals surface area contributed by atoms with Crippen LogP contribution >= 0.6 is 11.8 Å². The van der Waals surface area contributed by atoms with Gasteiger partial charge in [-0.25, -0.2) is 0 Å². The van der Waals surface area contributed by atoms with E-state index in [4.69, 9.17) is 9.84 Å². The summed E-state index contributed by atoms with van der Waals surface area (Å²) in [5.74, 6) is 0.987. The van der Waals surface area contributed by atoms with Crippen LogP contribution in [0.3, 0.4) is 0 Å². The van der Waals surface area contributed by atoms with E-state index in [9.17, 15) is 9.59 Å². The Morgan fingerprint density at radius 1 is 1.29 bits per heavy atom. The van der Waals surface area contributed by atoms with Crippen LogP contribution in [0.15, 0.2) is 0 Å². The van der Waals surface area contributed by atoms with E-state index < -0.39 is 5.97 Å². The van der Waals surface area contributed by atoms with Gasteiger partial charge in [0.2, 0.25) is 5.91 Å². The third-order valence-corrected chi connectivity index (χ3v) is 5.27. The number of carbonyl (C=O) groups excluding carboxylic acids is 1. The predicted octanol–water partition coefficient (Wildman–Crippen LogP) is -0.0463. The van der Waals surface area contributed by atoms with Crippen molar-refractivity contribution < 1.29 is 19.4 Å². The monoisotopic (exact) mass is 257 g/mol. The van der Waals surface area contributed by atoms with Crippen molar-refractivity contribution in [3.63, 3.8) is 0 Å². The molecule has 17 heavy (non-hydrogen) atoms. The molecule has 2 aliphatic heterocycles. The van der Waals surface area contributed by atoms with E-state index >= 15 is 0 Å². The number of rotatable bonds is 3. The van der Waals surface area contributed by atoms with E-state index in [2.05, 4.69) is 5.32 Å². The Hall–Kier alpha value is -0.750. The van der Waals surface area contributed by atoms with Crippen molar-refractivity contribution in [2.24, 2.45) is 17.8 Å². The van der Waals surface area contributed by atoms with Crippen molar-refractivity contribution in [1.29, 1.82) is 0 Å². The Morgan fingerprint density at radius 3 is 2.59 bits per heavy atom. The first-order valence-corrected chi connectivity index (χ1v) is 6.94. The number of thioether (sulfide) groups is 1. The molecule has 3 aliphatic rings. The molecule has 3 rings (SSSR count). The molecule has 1 saturated carbocycles. The van der Waals surface area contributed by atoms with Crippen molar-refractivity contribution in [3.8, 4) is 0 Å². The fourth-order valence-electron chi connectivity index (χ4n) is 2.83.